The van der Waals surface area contributed by atoms with Crippen LogP contribution in [0.5, 0.6) is 0 Å². The number of hydrogen-bond acceptors (Lipinski definition) is 4. The van der Waals surface area contributed by atoms with E-state index in [0.717, 1.165) is 23.4 Å². The van der Waals surface area contributed by atoms with Crippen LogP contribution in [0.2, 0.25) is 0 Å². The van der Waals surface area contributed by atoms with Crippen LogP contribution in [0, 0.1) is 17.0 Å². The lowest BCUT2D eigenvalue weighted by molar-refractivity contribution is -0.384. The van der Waals surface area contributed by atoms with Crippen molar-refractivity contribution in [3.8, 4) is 0 Å². The molecule has 1 N–H and O–H groups in total. The van der Waals surface area contributed by atoms with Gasteiger partial charge in [0.2, 0.25) is 0 Å². The van der Waals surface area contributed by atoms with Crippen LogP contribution in [-0.4, -0.2) is 16.9 Å². The van der Waals surface area contributed by atoms with Gasteiger partial charge in [-0.25, -0.2) is 0 Å². The maximum absolute atomic E-state index is 13.3. The average Bonchev–Trinajstić information content (AvgIpc) is 2.75. The predicted molar refractivity (Wildman–Crippen MR) is 118 cm³/mol. The maximum Gasteiger partial charge on any atom is 0.269 e. The van der Waals surface area contributed by atoms with Crippen LogP contribution in [0.3, 0.4) is 0 Å². The largest absolute Gasteiger partial charge is 0.378 e. The highest BCUT2D eigenvalue weighted by Crippen LogP contribution is 2.39. The van der Waals surface area contributed by atoms with Crippen molar-refractivity contribution < 1.29 is 9.72 Å². The molecule has 0 saturated carbocycles. The zero-order chi connectivity index (χ0) is 21.3. The zero-order valence-corrected chi connectivity index (χ0v) is 16.9. The lowest BCUT2D eigenvalue weighted by atomic mass is 9.90. The Bertz CT molecular complexity index is 1080. The monoisotopic (exact) mass is 401 g/mol. The van der Waals surface area contributed by atoms with Crippen LogP contribution in [-0.2, 0) is 0 Å². The molecule has 0 aliphatic carbocycles. The fourth-order valence-electron chi connectivity index (χ4n) is 3.97. The summed E-state index contributed by atoms with van der Waals surface area (Å²) in [4.78, 5) is 25.5. The minimum absolute atomic E-state index is 0.0268. The van der Waals surface area contributed by atoms with Crippen LogP contribution in [0.15, 0.2) is 72.8 Å². The van der Waals surface area contributed by atoms with Crippen molar-refractivity contribution in [2.45, 2.75) is 32.4 Å². The van der Waals surface area contributed by atoms with E-state index >= 15 is 0 Å². The van der Waals surface area contributed by atoms with Crippen LogP contribution < -0.4 is 10.2 Å². The molecule has 0 bridgehead atoms. The second kappa shape index (κ2) is 7.99. The molecule has 0 fully saturated rings. The normalized spacial score (nSPS) is 17.9. The zero-order valence-electron chi connectivity index (χ0n) is 16.9. The number of hydrogen-bond donors (Lipinski definition) is 1. The van der Waals surface area contributed by atoms with Gasteiger partial charge in [-0.1, -0.05) is 35.9 Å². The molecule has 3 aromatic carbocycles. The number of amides is 1. The summed E-state index contributed by atoms with van der Waals surface area (Å²) in [6, 6.07) is 22.0. The lowest BCUT2D eigenvalue weighted by Gasteiger charge is -2.40. The van der Waals surface area contributed by atoms with Gasteiger partial charge in [0.15, 0.2) is 0 Å². The standard InChI is InChI=1S/C24H23N3O3/c1-16-7-11-19(12-8-16)25-22-15-17(2)26(23-6-4-3-5-21(22)23)24(28)18-9-13-20(14-10-18)27(29)30/h3-14,17,22,25H,15H2,1-2H3/t17-,22-/m0/s1. The summed E-state index contributed by atoms with van der Waals surface area (Å²) in [5.74, 6) is -0.154. The number of para-hydroxylation sites is 1. The SMILES string of the molecule is Cc1ccc(N[C@H]2C[C@H](C)N(C(=O)c3ccc([N+](=O)[O-])cc3)c3ccccc32)cc1. The molecule has 1 heterocycles. The molecule has 0 radical (unpaired) electrons. The Morgan fingerprint density at radius 1 is 1.03 bits per heavy atom. The first-order valence-corrected chi connectivity index (χ1v) is 9.94. The van der Waals surface area contributed by atoms with E-state index in [0.29, 0.717) is 5.56 Å². The first kappa shape index (κ1) is 19.6. The van der Waals surface area contributed by atoms with E-state index in [1.54, 1.807) is 4.90 Å². The summed E-state index contributed by atoms with van der Waals surface area (Å²) < 4.78 is 0. The van der Waals surface area contributed by atoms with E-state index in [9.17, 15) is 14.9 Å². The van der Waals surface area contributed by atoms with Crippen molar-refractivity contribution >= 4 is 23.0 Å². The van der Waals surface area contributed by atoms with E-state index in [2.05, 4.69) is 36.5 Å². The molecule has 6 nitrogen and oxygen atoms in total. The summed E-state index contributed by atoms with van der Waals surface area (Å²) >= 11 is 0. The average molecular weight is 401 g/mol. The summed E-state index contributed by atoms with van der Waals surface area (Å²) in [5, 5.41) is 14.5. The van der Waals surface area contributed by atoms with Gasteiger partial charge in [-0.3, -0.25) is 14.9 Å². The Morgan fingerprint density at radius 3 is 2.37 bits per heavy atom. The Balaban J connectivity index is 1.65. The molecule has 152 valence electrons. The van der Waals surface area contributed by atoms with Crippen molar-refractivity contribution in [3.05, 3.63) is 99.6 Å². The number of nitrogens with zero attached hydrogens (tertiary/aromatic N) is 2. The Labute approximate surface area is 175 Å². The third-order valence-electron chi connectivity index (χ3n) is 5.53. The van der Waals surface area contributed by atoms with E-state index < -0.39 is 4.92 Å². The number of nitrogens with one attached hydrogen (secondary N) is 1. The molecular formula is C24H23N3O3. The number of non-ortho nitro benzene ring substituents is 1. The molecule has 30 heavy (non-hydrogen) atoms. The van der Waals surface area contributed by atoms with Gasteiger partial charge >= 0.3 is 0 Å². The fourth-order valence-corrected chi connectivity index (χ4v) is 3.97. The lowest BCUT2D eigenvalue weighted by Crippen LogP contribution is -2.44. The van der Waals surface area contributed by atoms with Crippen LogP contribution in [0.25, 0.3) is 0 Å². The van der Waals surface area contributed by atoms with Gasteiger partial charge in [0.05, 0.1) is 11.0 Å². The Hall–Kier alpha value is -3.67. The molecule has 2 atom stereocenters. The Morgan fingerprint density at radius 2 is 1.70 bits per heavy atom. The number of carbonyl (C=O) groups is 1. The summed E-state index contributed by atoms with van der Waals surface area (Å²) in [6.07, 6.45) is 0.754. The summed E-state index contributed by atoms with van der Waals surface area (Å²) in [6.45, 7) is 4.09. The number of nitro groups is 1. The van der Waals surface area contributed by atoms with Crippen molar-refractivity contribution in [1.29, 1.82) is 0 Å². The van der Waals surface area contributed by atoms with Crippen LogP contribution in [0.4, 0.5) is 17.1 Å². The maximum atomic E-state index is 13.3. The fraction of sp³-hybridized carbons (Fsp3) is 0.208. The molecule has 0 aromatic heterocycles. The van der Waals surface area contributed by atoms with Gasteiger partial charge in [-0.15, -0.1) is 0 Å². The van der Waals surface area contributed by atoms with E-state index in [-0.39, 0.29) is 23.7 Å². The van der Waals surface area contributed by atoms with E-state index in [1.807, 2.05) is 31.2 Å². The topological polar surface area (TPSA) is 75.5 Å². The second-order valence-electron chi connectivity index (χ2n) is 7.69. The highest BCUT2D eigenvalue weighted by Gasteiger charge is 2.34. The molecular weight excluding hydrogens is 378 g/mol. The minimum atomic E-state index is -0.464. The highest BCUT2D eigenvalue weighted by molar-refractivity contribution is 6.07. The molecule has 4 rings (SSSR count). The smallest absolute Gasteiger partial charge is 0.269 e. The van der Waals surface area contributed by atoms with Crippen molar-refractivity contribution in [2.75, 3.05) is 10.2 Å². The molecule has 0 unspecified atom stereocenters. The molecule has 0 saturated heterocycles. The third-order valence-corrected chi connectivity index (χ3v) is 5.53. The first-order valence-electron chi connectivity index (χ1n) is 9.94. The molecule has 1 aliphatic rings. The second-order valence-corrected chi connectivity index (χ2v) is 7.69. The van der Waals surface area contributed by atoms with Gasteiger partial charge in [0, 0.05) is 35.1 Å². The number of anilines is 2. The quantitative estimate of drug-likeness (QED) is 0.463. The number of fused-ring (bicyclic) bond motifs is 1. The molecule has 6 heteroatoms. The van der Waals surface area contributed by atoms with Crippen molar-refractivity contribution in [2.24, 2.45) is 0 Å². The van der Waals surface area contributed by atoms with Gasteiger partial charge in [0.25, 0.3) is 11.6 Å². The molecule has 3 aromatic rings. The predicted octanol–water partition coefficient (Wildman–Crippen LogP) is 5.50. The molecule has 1 amide bonds. The van der Waals surface area contributed by atoms with Gasteiger partial charge in [-0.05, 0) is 56.2 Å². The van der Waals surface area contributed by atoms with Gasteiger partial charge < -0.3 is 10.2 Å². The Kier molecular flexibility index (Phi) is 5.23. The third kappa shape index (κ3) is 3.76. The number of benzene rings is 3. The summed E-state index contributed by atoms with van der Waals surface area (Å²) in [5.41, 5.74) is 4.59. The number of nitro benzene ring substituents is 1. The first-order chi connectivity index (χ1) is 14.4. The highest BCUT2D eigenvalue weighted by atomic mass is 16.6. The molecule has 0 spiro atoms. The van der Waals surface area contributed by atoms with E-state index in [1.165, 1.54) is 29.8 Å². The van der Waals surface area contributed by atoms with Crippen LogP contribution >= 0.6 is 0 Å². The van der Waals surface area contributed by atoms with Crippen molar-refractivity contribution in [3.63, 3.8) is 0 Å². The van der Waals surface area contributed by atoms with Gasteiger partial charge in [-0.2, -0.15) is 0 Å². The molecule has 1 aliphatic heterocycles. The van der Waals surface area contributed by atoms with E-state index in [4.69, 9.17) is 0 Å². The number of carbonyl (C=O) groups excluding carboxylic acids is 1. The van der Waals surface area contributed by atoms with Crippen molar-refractivity contribution in [1.82, 2.24) is 0 Å². The number of aryl methyl sites for hydroxylation is 1. The summed E-state index contributed by atoms with van der Waals surface area (Å²) in [7, 11) is 0. The van der Waals surface area contributed by atoms with Gasteiger partial charge in [0.1, 0.15) is 0 Å². The van der Waals surface area contributed by atoms with Crippen LogP contribution in [0.1, 0.15) is 40.9 Å². The minimum Gasteiger partial charge on any atom is -0.378 e. The number of rotatable bonds is 4.